The minimum absolute atomic E-state index is 0.0676. The predicted octanol–water partition coefficient (Wildman–Crippen LogP) is 3.01. The number of hydrogen-bond donors (Lipinski definition) is 3. The Morgan fingerprint density at radius 1 is 1.14 bits per heavy atom. The zero-order valence-corrected chi connectivity index (χ0v) is 16.7. The summed E-state index contributed by atoms with van der Waals surface area (Å²) in [6.07, 6.45) is 7.06. The number of para-hydroxylation sites is 1. The Balaban J connectivity index is 1.34. The van der Waals surface area contributed by atoms with E-state index < -0.39 is 0 Å². The predicted molar refractivity (Wildman–Crippen MR) is 111 cm³/mol. The monoisotopic (exact) mass is 396 g/mol. The van der Waals surface area contributed by atoms with Crippen molar-refractivity contribution >= 4 is 11.9 Å². The molecule has 154 valence electrons. The first kappa shape index (κ1) is 19.4. The first-order chi connectivity index (χ1) is 14.2. The number of hydrogen-bond acceptors (Lipinski definition) is 4. The molecule has 1 amide bonds. The molecule has 1 spiro atoms. The lowest BCUT2D eigenvalue weighted by Crippen LogP contribution is -2.47. The van der Waals surface area contributed by atoms with Gasteiger partial charge in [-0.1, -0.05) is 18.2 Å². The molecule has 1 unspecified atom stereocenters. The second-order valence-corrected chi connectivity index (χ2v) is 7.66. The minimum atomic E-state index is -0.221. The lowest BCUT2D eigenvalue weighted by molar-refractivity contribution is 0.0396. The summed E-state index contributed by atoms with van der Waals surface area (Å²) < 4.78 is 11.5. The summed E-state index contributed by atoms with van der Waals surface area (Å²) in [5, 5.41) is 9.66. The molecule has 2 heterocycles. The summed E-state index contributed by atoms with van der Waals surface area (Å²) in [6.45, 7) is 1.02. The van der Waals surface area contributed by atoms with Crippen LogP contribution in [0.2, 0.25) is 0 Å². The van der Waals surface area contributed by atoms with Crippen molar-refractivity contribution in [3.8, 4) is 5.75 Å². The van der Waals surface area contributed by atoms with Crippen LogP contribution in [0.1, 0.15) is 54.3 Å². The Hall–Kier alpha value is -2.96. The van der Waals surface area contributed by atoms with Crippen LogP contribution in [0.3, 0.4) is 0 Å². The van der Waals surface area contributed by atoms with Crippen LogP contribution in [0.5, 0.6) is 5.75 Å². The van der Waals surface area contributed by atoms with Crippen LogP contribution in [-0.4, -0.2) is 37.6 Å². The topological polar surface area (TPSA) is 87.9 Å². The standard InChI is InChI=1S/C22H28N4O3/c1-23-21(25-13-12-24-20(27)19-9-6-14-28-19)26-17-15-22(10-4-5-11-22)29-18-8-3-2-7-16(17)18/h2-3,6-9,14,17H,4-5,10-13,15H2,1H3,(H,24,27)(H2,23,25,26). The number of carbonyl (C=O) groups excluding carboxylic acids is 1. The van der Waals surface area contributed by atoms with Crippen molar-refractivity contribution in [2.75, 3.05) is 20.1 Å². The maximum absolute atomic E-state index is 11.9. The summed E-state index contributed by atoms with van der Waals surface area (Å²) in [6, 6.07) is 11.7. The largest absolute Gasteiger partial charge is 0.487 e. The number of fused-ring (bicyclic) bond motifs is 1. The number of ether oxygens (including phenoxy) is 1. The third-order valence-corrected chi connectivity index (χ3v) is 5.69. The quantitative estimate of drug-likeness (QED) is 0.411. The zero-order chi connectivity index (χ0) is 20.1. The first-order valence-corrected chi connectivity index (χ1v) is 10.3. The van der Waals surface area contributed by atoms with Gasteiger partial charge in [0, 0.05) is 32.1 Å². The van der Waals surface area contributed by atoms with E-state index in [4.69, 9.17) is 9.15 Å². The number of aliphatic imine (C=N–C) groups is 1. The smallest absolute Gasteiger partial charge is 0.287 e. The van der Waals surface area contributed by atoms with E-state index in [1.807, 2.05) is 12.1 Å². The molecule has 1 aliphatic heterocycles. The number of guanidine groups is 1. The van der Waals surface area contributed by atoms with Gasteiger partial charge in [0.15, 0.2) is 11.7 Å². The number of carbonyl (C=O) groups is 1. The molecule has 2 aliphatic rings. The zero-order valence-electron chi connectivity index (χ0n) is 16.7. The lowest BCUT2D eigenvalue weighted by atomic mass is 9.86. The van der Waals surface area contributed by atoms with Gasteiger partial charge in [0.1, 0.15) is 11.4 Å². The molecule has 1 fully saturated rings. The molecule has 7 heteroatoms. The Kier molecular flexibility index (Phi) is 5.74. The Morgan fingerprint density at radius 2 is 1.93 bits per heavy atom. The summed E-state index contributed by atoms with van der Waals surface area (Å²) in [5.41, 5.74) is 1.10. The molecule has 0 bridgehead atoms. The van der Waals surface area contributed by atoms with Gasteiger partial charge in [0.25, 0.3) is 5.91 Å². The van der Waals surface area contributed by atoms with Gasteiger partial charge in [-0.15, -0.1) is 0 Å². The van der Waals surface area contributed by atoms with E-state index in [1.54, 1.807) is 19.2 Å². The number of rotatable bonds is 5. The fourth-order valence-electron chi connectivity index (χ4n) is 4.28. The summed E-state index contributed by atoms with van der Waals surface area (Å²) in [4.78, 5) is 16.3. The van der Waals surface area contributed by atoms with Gasteiger partial charge < -0.3 is 25.1 Å². The molecule has 0 saturated heterocycles. The highest BCUT2D eigenvalue weighted by Gasteiger charge is 2.43. The third kappa shape index (κ3) is 4.39. The molecule has 2 aromatic rings. The van der Waals surface area contributed by atoms with E-state index in [2.05, 4.69) is 33.1 Å². The average Bonchev–Trinajstić information content (AvgIpc) is 3.42. The van der Waals surface area contributed by atoms with Crippen LogP contribution < -0.4 is 20.7 Å². The van der Waals surface area contributed by atoms with E-state index in [9.17, 15) is 4.79 Å². The minimum Gasteiger partial charge on any atom is -0.487 e. The van der Waals surface area contributed by atoms with Crippen molar-refractivity contribution in [3.05, 3.63) is 54.0 Å². The van der Waals surface area contributed by atoms with Gasteiger partial charge in [-0.05, 0) is 43.9 Å². The number of nitrogens with one attached hydrogen (secondary N) is 3. The maximum atomic E-state index is 11.9. The van der Waals surface area contributed by atoms with Crippen molar-refractivity contribution in [1.29, 1.82) is 0 Å². The Bertz CT molecular complexity index is 857. The van der Waals surface area contributed by atoms with Crippen LogP contribution in [0.4, 0.5) is 0 Å². The molecule has 1 aromatic carbocycles. The van der Waals surface area contributed by atoms with Crippen LogP contribution in [0, 0.1) is 0 Å². The van der Waals surface area contributed by atoms with Crippen LogP contribution in [0.25, 0.3) is 0 Å². The fraction of sp³-hybridized carbons (Fsp3) is 0.455. The summed E-state index contributed by atoms with van der Waals surface area (Å²) in [5.74, 6) is 1.78. The van der Waals surface area contributed by atoms with E-state index in [-0.39, 0.29) is 17.6 Å². The fourth-order valence-corrected chi connectivity index (χ4v) is 4.28. The van der Waals surface area contributed by atoms with Crippen molar-refractivity contribution in [2.24, 2.45) is 4.99 Å². The van der Waals surface area contributed by atoms with E-state index in [0.29, 0.717) is 24.8 Å². The highest BCUT2D eigenvalue weighted by molar-refractivity contribution is 5.91. The van der Waals surface area contributed by atoms with Crippen LogP contribution in [-0.2, 0) is 0 Å². The Labute approximate surface area is 170 Å². The lowest BCUT2D eigenvalue weighted by Gasteiger charge is -2.40. The van der Waals surface area contributed by atoms with Gasteiger partial charge in [-0.2, -0.15) is 0 Å². The van der Waals surface area contributed by atoms with Crippen LogP contribution >= 0.6 is 0 Å². The molecule has 1 aliphatic carbocycles. The van der Waals surface area contributed by atoms with Gasteiger partial charge in [-0.25, -0.2) is 0 Å². The number of benzene rings is 1. The molecular weight excluding hydrogens is 368 g/mol. The van der Waals surface area contributed by atoms with Gasteiger partial charge in [0.2, 0.25) is 0 Å². The molecule has 29 heavy (non-hydrogen) atoms. The number of nitrogens with zero attached hydrogens (tertiary/aromatic N) is 1. The molecule has 1 saturated carbocycles. The summed E-state index contributed by atoms with van der Waals surface area (Å²) >= 11 is 0. The molecule has 3 N–H and O–H groups in total. The molecule has 1 aromatic heterocycles. The van der Waals surface area contributed by atoms with Gasteiger partial charge in [0.05, 0.1) is 12.3 Å². The van der Waals surface area contributed by atoms with Crippen molar-refractivity contribution in [3.63, 3.8) is 0 Å². The second kappa shape index (κ2) is 8.59. The Morgan fingerprint density at radius 3 is 2.69 bits per heavy atom. The molecule has 0 radical (unpaired) electrons. The number of amides is 1. The normalized spacial score (nSPS) is 20.0. The van der Waals surface area contributed by atoms with Crippen LogP contribution in [0.15, 0.2) is 52.1 Å². The maximum Gasteiger partial charge on any atom is 0.287 e. The summed E-state index contributed by atoms with van der Waals surface area (Å²) in [7, 11) is 1.76. The molecule has 1 atom stereocenters. The van der Waals surface area contributed by atoms with E-state index >= 15 is 0 Å². The second-order valence-electron chi connectivity index (χ2n) is 7.66. The average molecular weight is 396 g/mol. The molecular formula is C22H28N4O3. The molecule has 4 rings (SSSR count). The third-order valence-electron chi connectivity index (χ3n) is 5.69. The van der Waals surface area contributed by atoms with E-state index in [1.165, 1.54) is 24.7 Å². The van der Waals surface area contributed by atoms with Gasteiger partial charge >= 0.3 is 0 Å². The molecule has 7 nitrogen and oxygen atoms in total. The first-order valence-electron chi connectivity index (χ1n) is 10.3. The van der Waals surface area contributed by atoms with Crippen molar-refractivity contribution < 1.29 is 13.9 Å². The highest BCUT2D eigenvalue weighted by Crippen LogP contribution is 2.46. The van der Waals surface area contributed by atoms with Crippen molar-refractivity contribution in [1.82, 2.24) is 16.0 Å². The number of furan rings is 1. The van der Waals surface area contributed by atoms with Crippen molar-refractivity contribution in [2.45, 2.75) is 43.7 Å². The van der Waals surface area contributed by atoms with Gasteiger partial charge in [-0.3, -0.25) is 9.79 Å². The SMILES string of the molecule is CN=C(NCCNC(=O)c1ccco1)NC1CC2(CCCC2)Oc2ccccc21. The highest BCUT2D eigenvalue weighted by atomic mass is 16.5. The van der Waals surface area contributed by atoms with E-state index in [0.717, 1.165) is 25.0 Å².